The summed E-state index contributed by atoms with van der Waals surface area (Å²) in [6.07, 6.45) is 1.21. The molecule has 0 saturated heterocycles. The Morgan fingerprint density at radius 3 is 2.71 bits per heavy atom. The van der Waals surface area contributed by atoms with Crippen LogP contribution in [-0.4, -0.2) is 21.0 Å². The SMILES string of the molecule is Nc1ncc(C(=O)O)c(-c2ccccc2Br)n1. The highest BCUT2D eigenvalue weighted by Crippen LogP contribution is 2.29. The Morgan fingerprint density at radius 2 is 2.06 bits per heavy atom. The van der Waals surface area contributed by atoms with Crippen molar-refractivity contribution in [3.8, 4) is 11.3 Å². The number of hydrogen-bond acceptors (Lipinski definition) is 4. The predicted molar refractivity (Wildman–Crippen MR) is 66.5 cm³/mol. The minimum atomic E-state index is -1.09. The van der Waals surface area contributed by atoms with E-state index in [1.807, 2.05) is 6.07 Å². The third kappa shape index (κ3) is 2.26. The third-order valence-electron chi connectivity index (χ3n) is 2.17. The van der Waals surface area contributed by atoms with E-state index in [1.165, 1.54) is 6.20 Å². The van der Waals surface area contributed by atoms with Crippen molar-refractivity contribution in [1.29, 1.82) is 0 Å². The normalized spacial score (nSPS) is 10.2. The van der Waals surface area contributed by atoms with Crippen LogP contribution in [0.25, 0.3) is 11.3 Å². The molecule has 6 heteroatoms. The van der Waals surface area contributed by atoms with E-state index in [-0.39, 0.29) is 11.5 Å². The van der Waals surface area contributed by atoms with Crippen LogP contribution in [0.3, 0.4) is 0 Å². The summed E-state index contributed by atoms with van der Waals surface area (Å²) in [5.41, 5.74) is 6.47. The summed E-state index contributed by atoms with van der Waals surface area (Å²) in [7, 11) is 0. The van der Waals surface area contributed by atoms with Crippen LogP contribution in [0.4, 0.5) is 5.95 Å². The lowest BCUT2D eigenvalue weighted by molar-refractivity contribution is 0.0697. The van der Waals surface area contributed by atoms with Crippen molar-refractivity contribution in [3.05, 3.63) is 40.5 Å². The molecule has 0 radical (unpaired) electrons. The van der Waals surface area contributed by atoms with E-state index in [0.717, 1.165) is 4.47 Å². The first kappa shape index (κ1) is 11.5. The van der Waals surface area contributed by atoms with Gasteiger partial charge in [0.2, 0.25) is 5.95 Å². The molecule has 0 aliphatic heterocycles. The molecule has 0 aliphatic rings. The van der Waals surface area contributed by atoms with Crippen LogP contribution in [-0.2, 0) is 0 Å². The van der Waals surface area contributed by atoms with Gasteiger partial charge in [-0.15, -0.1) is 0 Å². The molecule has 86 valence electrons. The second-order valence-corrected chi connectivity index (χ2v) is 4.13. The Bertz CT molecular complexity index is 587. The monoisotopic (exact) mass is 293 g/mol. The van der Waals surface area contributed by atoms with Crippen LogP contribution in [0.15, 0.2) is 34.9 Å². The van der Waals surface area contributed by atoms with Gasteiger partial charge in [-0.05, 0) is 6.07 Å². The number of nitrogens with two attached hydrogens (primary N) is 1. The molecule has 1 aromatic carbocycles. The highest BCUT2D eigenvalue weighted by molar-refractivity contribution is 9.10. The number of benzene rings is 1. The molecule has 1 heterocycles. The maximum absolute atomic E-state index is 11.1. The van der Waals surface area contributed by atoms with Gasteiger partial charge in [-0.3, -0.25) is 0 Å². The Labute approximate surface area is 105 Å². The number of carboxylic acid groups (broad SMARTS) is 1. The van der Waals surface area contributed by atoms with E-state index < -0.39 is 5.97 Å². The Hall–Kier alpha value is -1.95. The molecule has 17 heavy (non-hydrogen) atoms. The smallest absolute Gasteiger partial charge is 0.339 e. The Kier molecular flexibility index (Phi) is 3.06. The van der Waals surface area contributed by atoms with Gasteiger partial charge in [-0.1, -0.05) is 34.1 Å². The maximum atomic E-state index is 11.1. The second-order valence-electron chi connectivity index (χ2n) is 3.28. The molecule has 5 nitrogen and oxygen atoms in total. The summed E-state index contributed by atoms with van der Waals surface area (Å²) < 4.78 is 0.751. The average Bonchev–Trinajstić information content (AvgIpc) is 2.29. The first-order chi connectivity index (χ1) is 8.09. The number of hydrogen-bond donors (Lipinski definition) is 2. The minimum absolute atomic E-state index is 0.0195. The molecule has 0 amide bonds. The van der Waals surface area contributed by atoms with Gasteiger partial charge >= 0.3 is 5.97 Å². The fraction of sp³-hybridized carbons (Fsp3) is 0. The van der Waals surface area contributed by atoms with Crippen molar-refractivity contribution in [2.24, 2.45) is 0 Å². The lowest BCUT2D eigenvalue weighted by Crippen LogP contribution is -2.06. The average molecular weight is 294 g/mol. The van der Waals surface area contributed by atoms with E-state index in [2.05, 4.69) is 25.9 Å². The van der Waals surface area contributed by atoms with E-state index in [0.29, 0.717) is 11.3 Å². The molecule has 0 fully saturated rings. The third-order valence-corrected chi connectivity index (χ3v) is 2.86. The van der Waals surface area contributed by atoms with Gasteiger partial charge in [0.05, 0.1) is 5.69 Å². The molecule has 0 bridgehead atoms. The summed E-state index contributed by atoms with van der Waals surface area (Å²) in [4.78, 5) is 18.7. The molecule has 2 aromatic rings. The highest BCUT2D eigenvalue weighted by Gasteiger charge is 2.16. The fourth-order valence-corrected chi connectivity index (χ4v) is 1.88. The molecule has 0 aliphatic carbocycles. The van der Waals surface area contributed by atoms with Crippen molar-refractivity contribution < 1.29 is 9.90 Å². The van der Waals surface area contributed by atoms with E-state index >= 15 is 0 Å². The standard InChI is InChI=1S/C11H8BrN3O2/c12-8-4-2-1-3-6(8)9-7(10(16)17)5-14-11(13)15-9/h1-5H,(H,16,17)(H2,13,14,15). The number of aromatic nitrogens is 2. The summed E-state index contributed by atoms with van der Waals surface area (Å²) in [5, 5.41) is 9.07. The van der Waals surface area contributed by atoms with Gasteiger partial charge in [0, 0.05) is 16.2 Å². The van der Waals surface area contributed by atoms with E-state index in [4.69, 9.17) is 10.8 Å². The minimum Gasteiger partial charge on any atom is -0.478 e. The summed E-state index contributed by atoms with van der Waals surface area (Å²) in [6, 6.07) is 7.19. The van der Waals surface area contributed by atoms with Gasteiger partial charge in [-0.25, -0.2) is 14.8 Å². The van der Waals surface area contributed by atoms with Crippen LogP contribution in [0.1, 0.15) is 10.4 Å². The molecule has 1 aromatic heterocycles. The van der Waals surface area contributed by atoms with Crippen LogP contribution >= 0.6 is 15.9 Å². The van der Waals surface area contributed by atoms with Crippen LogP contribution < -0.4 is 5.73 Å². The number of halogens is 1. The maximum Gasteiger partial charge on any atom is 0.339 e. The lowest BCUT2D eigenvalue weighted by atomic mass is 10.1. The molecular weight excluding hydrogens is 286 g/mol. The van der Waals surface area contributed by atoms with E-state index in [9.17, 15) is 4.79 Å². The van der Waals surface area contributed by atoms with Gasteiger partial charge in [0.1, 0.15) is 5.56 Å². The van der Waals surface area contributed by atoms with Gasteiger partial charge < -0.3 is 10.8 Å². The van der Waals surface area contributed by atoms with Crippen LogP contribution in [0, 0.1) is 0 Å². The molecule has 0 atom stereocenters. The predicted octanol–water partition coefficient (Wildman–Crippen LogP) is 2.19. The second kappa shape index (κ2) is 4.50. The zero-order valence-corrected chi connectivity index (χ0v) is 10.2. The van der Waals surface area contributed by atoms with Crippen molar-refractivity contribution in [1.82, 2.24) is 9.97 Å². The molecule has 0 spiro atoms. The van der Waals surface area contributed by atoms with Gasteiger partial charge in [0.15, 0.2) is 0 Å². The highest BCUT2D eigenvalue weighted by atomic mass is 79.9. The van der Waals surface area contributed by atoms with Crippen molar-refractivity contribution in [3.63, 3.8) is 0 Å². The summed E-state index contributed by atoms with van der Waals surface area (Å²) in [5.74, 6) is -1.04. The van der Waals surface area contributed by atoms with E-state index in [1.54, 1.807) is 18.2 Å². The number of nitrogen functional groups attached to an aromatic ring is 1. The number of aromatic carboxylic acids is 1. The largest absolute Gasteiger partial charge is 0.478 e. The quantitative estimate of drug-likeness (QED) is 0.886. The zero-order chi connectivity index (χ0) is 12.4. The van der Waals surface area contributed by atoms with Crippen molar-refractivity contribution >= 4 is 27.8 Å². The van der Waals surface area contributed by atoms with Crippen LogP contribution in [0.5, 0.6) is 0 Å². The topological polar surface area (TPSA) is 89.1 Å². The number of nitrogens with zero attached hydrogens (tertiary/aromatic N) is 2. The van der Waals surface area contributed by atoms with Crippen molar-refractivity contribution in [2.45, 2.75) is 0 Å². The van der Waals surface area contributed by atoms with Gasteiger partial charge in [0.25, 0.3) is 0 Å². The molecule has 0 unspecified atom stereocenters. The summed E-state index contributed by atoms with van der Waals surface area (Å²) in [6.45, 7) is 0. The number of anilines is 1. The fourth-order valence-electron chi connectivity index (χ4n) is 1.41. The number of rotatable bonds is 2. The number of carbonyl (C=O) groups is 1. The molecule has 2 rings (SSSR count). The first-order valence-corrected chi connectivity index (χ1v) is 5.49. The molecule has 0 saturated carbocycles. The van der Waals surface area contributed by atoms with Gasteiger partial charge in [-0.2, -0.15) is 0 Å². The Balaban J connectivity index is 2.70. The Morgan fingerprint density at radius 1 is 1.35 bits per heavy atom. The van der Waals surface area contributed by atoms with Crippen LogP contribution in [0.2, 0.25) is 0 Å². The molecular formula is C11H8BrN3O2. The molecule has 3 N–H and O–H groups in total. The number of carboxylic acids is 1. The zero-order valence-electron chi connectivity index (χ0n) is 8.59. The first-order valence-electron chi connectivity index (χ1n) is 4.70. The summed E-state index contributed by atoms with van der Waals surface area (Å²) >= 11 is 3.35. The van der Waals surface area contributed by atoms with Crippen molar-refractivity contribution in [2.75, 3.05) is 5.73 Å². The lowest BCUT2D eigenvalue weighted by Gasteiger charge is -2.07.